The number of nitrogen functional groups attached to an aromatic ring is 1. The first kappa shape index (κ1) is 18.6. The van der Waals surface area contributed by atoms with Crippen LogP contribution in [0.15, 0.2) is 61.8 Å². The van der Waals surface area contributed by atoms with Crippen LogP contribution in [0.1, 0.15) is 5.56 Å². The molecule has 4 N–H and O–H groups in total. The maximum Gasteiger partial charge on any atom is 0.133 e. The van der Waals surface area contributed by atoms with Gasteiger partial charge in [0.2, 0.25) is 0 Å². The molecule has 29 heavy (non-hydrogen) atoms. The highest BCUT2D eigenvalue weighted by atomic mass is 16.3. The zero-order chi connectivity index (χ0) is 20.2. The van der Waals surface area contributed by atoms with Crippen LogP contribution in [0.4, 0.5) is 17.3 Å². The molecule has 0 aromatic carbocycles. The Morgan fingerprint density at radius 2 is 2.14 bits per heavy atom. The summed E-state index contributed by atoms with van der Waals surface area (Å²) in [7, 11) is 0. The Balaban J connectivity index is 1.71. The van der Waals surface area contributed by atoms with Gasteiger partial charge in [0.05, 0.1) is 30.7 Å². The standard InChI is InChI=1S/C21H21N7O/c1-2-3-14-4-5-23-11-17(14)19-8-15-9-20(24-12-18(15)21(22)27-19)26-16-10-25-28(13-16)6-7-29/h2,4-5,8-13,29H,1,3,6-7H2,(H2,22,27)(H,24,26). The average molecular weight is 387 g/mol. The summed E-state index contributed by atoms with van der Waals surface area (Å²) in [6.07, 6.45) is 11.3. The van der Waals surface area contributed by atoms with Crippen LogP contribution in [0, 0.1) is 0 Å². The number of pyridine rings is 3. The van der Waals surface area contributed by atoms with E-state index in [1.165, 1.54) is 0 Å². The molecule has 4 rings (SSSR count). The normalized spacial score (nSPS) is 10.9. The number of hydrogen-bond donors (Lipinski definition) is 3. The van der Waals surface area contributed by atoms with Crippen molar-refractivity contribution in [2.45, 2.75) is 13.0 Å². The maximum absolute atomic E-state index is 9.01. The van der Waals surface area contributed by atoms with Gasteiger partial charge in [0.15, 0.2) is 0 Å². The zero-order valence-corrected chi connectivity index (χ0v) is 15.8. The molecule has 0 aliphatic carbocycles. The lowest BCUT2D eigenvalue weighted by atomic mass is 10.0. The molecular weight excluding hydrogens is 366 g/mol. The Morgan fingerprint density at radius 3 is 2.97 bits per heavy atom. The highest BCUT2D eigenvalue weighted by Crippen LogP contribution is 2.29. The number of fused-ring (bicyclic) bond motifs is 1. The summed E-state index contributed by atoms with van der Waals surface area (Å²) < 4.78 is 1.66. The van der Waals surface area contributed by atoms with Crippen molar-refractivity contribution in [3.8, 4) is 11.3 Å². The minimum atomic E-state index is 0.0343. The van der Waals surface area contributed by atoms with Crippen LogP contribution in [0.25, 0.3) is 22.0 Å². The molecule has 0 atom stereocenters. The molecule has 4 heterocycles. The number of aliphatic hydroxyl groups excluding tert-OH is 1. The molecule has 0 amide bonds. The Hall–Kier alpha value is -3.78. The Bertz CT molecular complexity index is 1170. The maximum atomic E-state index is 9.01. The Morgan fingerprint density at radius 1 is 1.24 bits per heavy atom. The van der Waals surface area contributed by atoms with Gasteiger partial charge in [-0.15, -0.1) is 6.58 Å². The van der Waals surface area contributed by atoms with Gasteiger partial charge in [0.25, 0.3) is 0 Å². The van der Waals surface area contributed by atoms with Crippen molar-refractivity contribution >= 4 is 28.1 Å². The molecule has 0 radical (unpaired) electrons. The molecule has 0 unspecified atom stereocenters. The lowest BCUT2D eigenvalue weighted by molar-refractivity contribution is 0.269. The molecule has 0 aliphatic rings. The predicted octanol–water partition coefficient (Wildman–Crippen LogP) is 2.93. The van der Waals surface area contributed by atoms with Gasteiger partial charge in [-0.2, -0.15) is 5.10 Å². The Labute approximate surface area is 167 Å². The van der Waals surface area contributed by atoms with Crippen molar-refractivity contribution in [1.82, 2.24) is 24.7 Å². The fourth-order valence-electron chi connectivity index (χ4n) is 3.17. The number of anilines is 3. The molecule has 0 fully saturated rings. The highest BCUT2D eigenvalue weighted by Gasteiger charge is 2.11. The van der Waals surface area contributed by atoms with Crippen LogP contribution in [0.3, 0.4) is 0 Å². The van der Waals surface area contributed by atoms with Crippen LogP contribution in [0.2, 0.25) is 0 Å². The molecule has 0 saturated heterocycles. The number of rotatable bonds is 7. The second-order valence-corrected chi connectivity index (χ2v) is 6.55. The number of allylic oxidation sites excluding steroid dienone is 1. The molecule has 146 valence electrons. The number of nitrogens with zero attached hydrogens (tertiary/aromatic N) is 5. The second kappa shape index (κ2) is 8.07. The van der Waals surface area contributed by atoms with E-state index < -0.39 is 0 Å². The van der Waals surface area contributed by atoms with E-state index in [9.17, 15) is 0 Å². The topological polar surface area (TPSA) is 115 Å². The average Bonchev–Trinajstić information content (AvgIpc) is 3.15. The smallest absolute Gasteiger partial charge is 0.133 e. The van der Waals surface area contributed by atoms with Gasteiger partial charge in [-0.3, -0.25) is 9.67 Å². The Kier molecular flexibility index (Phi) is 5.17. The first-order chi connectivity index (χ1) is 14.2. The van der Waals surface area contributed by atoms with Gasteiger partial charge < -0.3 is 16.2 Å². The number of aliphatic hydroxyl groups is 1. The molecule has 0 saturated carbocycles. The third-order valence-corrected chi connectivity index (χ3v) is 4.53. The van der Waals surface area contributed by atoms with Gasteiger partial charge in [-0.05, 0) is 35.6 Å². The van der Waals surface area contributed by atoms with Crippen LogP contribution in [-0.4, -0.2) is 36.4 Å². The van der Waals surface area contributed by atoms with Crippen LogP contribution >= 0.6 is 0 Å². The van der Waals surface area contributed by atoms with Gasteiger partial charge >= 0.3 is 0 Å². The van der Waals surface area contributed by atoms with Crippen LogP contribution < -0.4 is 11.1 Å². The molecule has 8 heteroatoms. The van der Waals surface area contributed by atoms with E-state index in [4.69, 9.17) is 10.8 Å². The van der Waals surface area contributed by atoms with E-state index in [2.05, 4.69) is 31.9 Å². The predicted molar refractivity (Wildman–Crippen MR) is 114 cm³/mol. The summed E-state index contributed by atoms with van der Waals surface area (Å²) in [5, 5.41) is 18.1. The molecular formula is C21H21N7O. The van der Waals surface area contributed by atoms with E-state index in [0.717, 1.165) is 39.7 Å². The van der Waals surface area contributed by atoms with Crippen LogP contribution in [0.5, 0.6) is 0 Å². The van der Waals surface area contributed by atoms with Crippen LogP contribution in [-0.2, 0) is 13.0 Å². The molecule has 0 bridgehead atoms. The van der Waals surface area contributed by atoms with Crippen molar-refractivity contribution < 1.29 is 5.11 Å². The molecule has 4 aromatic heterocycles. The van der Waals surface area contributed by atoms with E-state index in [-0.39, 0.29) is 6.61 Å². The summed E-state index contributed by atoms with van der Waals surface area (Å²) in [5.41, 5.74) is 9.77. The number of hydrogen-bond acceptors (Lipinski definition) is 7. The van der Waals surface area contributed by atoms with Crippen molar-refractivity contribution in [3.63, 3.8) is 0 Å². The fourth-order valence-corrected chi connectivity index (χ4v) is 3.17. The minimum Gasteiger partial charge on any atom is -0.394 e. The van der Waals surface area contributed by atoms with E-state index in [1.54, 1.807) is 29.5 Å². The van der Waals surface area contributed by atoms with Gasteiger partial charge in [0, 0.05) is 35.7 Å². The van der Waals surface area contributed by atoms with E-state index in [0.29, 0.717) is 18.2 Å². The summed E-state index contributed by atoms with van der Waals surface area (Å²) >= 11 is 0. The summed E-state index contributed by atoms with van der Waals surface area (Å²) in [6.45, 7) is 4.30. The number of nitrogens with two attached hydrogens (primary N) is 1. The van der Waals surface area contributed by atoms with Crippen molar-refractivity contribution in [1.29, 1.82) is 0 Å². The third kappa shape index (κ3) is 3.92. The highest BCUT2D eigenvalue weighted by molar-refractivity contribution is 5.94. The summed E-state index contributed by atoms with van der Waals surface area (Å²) in [5.74, 6) is 1.08. The first-order valence-corrected chi connectivity index (χ1v) is 9.18. The fraction of sp³-hybridized carbons (Fsp3) is 0.143. The molecule has 4 aromatic rings. The number of nitrogens with one attached hydrogen (secondary N) is 1. The zero-order valence-electron chi connectivity index (χ0n) is 15.8. The van der Waals surface area contributed by atoms with E-state index >= 15 is 0 Å². The van der Waals surface area contributed by atoms with Gasteiger partial charge in [-0.1, -0.05) is 6.08 Å². The van der Waals surface area contributed by atoms with Crippen molar-refractivity contribution in [3.05, 3.63) is 67.4 Å². The minimum absolute atomic E-state index is 0.0343. The van der Waals surface area contributed by atoms with Crippen molar-refractivity contribution in [2.24, 2.45) is 0 Å². The lowest BCUT2D eigenvalue weighted by Crippen LogP contribution is -2.01. The summed E-state index contributed by atoms with van der Waals surface area (Å²) in [4.78, 5) is 13.2. The second-order valence-electron chi connectivity index (χ2n) is 6.55. The van der Waals surface area contributed by atoms with E-state index in [1.807, 2.05) is 30.5 Å². The molecule has 0 spiro atoms. The third-order valence-electron chi connectivity index (χ3n) is 4.53. The summed E-state index contributed by atoms with van der Waals surface area (Å²) in [6, 6.07) is 5.86. The monoisotopic (exact) mass is 387 g/mol. The number of aromatic nitrogens is 5. The van der Waals surface area contributed by atoms with Gasteiger partial charge in [0.1, 0.15) is 11.6 Å². The first-order valence-electron chi connectivity index (χ1n) is 9.18. The molecule has 0 aliphatic heterocycles. The SMILES string of the molecule is C=CCc1ccncc1-c1cc2cc(Nc3cnn(CCO)c3)ncc2c(N)n1. The van der Waals surface area contributed by atoms with Gasteiger partial charge in [-0.25, -0.2) is 9.97 Å². The quantitative estimate of drug-likeness (QED) is 0.418. The lowest BCUT2D eigenvalue weighted by Gasteiger charge is -2.11. The molecule has 8 nitrogen and oxygen atoms in total. The van der Waals surface area contributed by atoms with Crippen molar-refractivity contribution in [2.75, 3.05) is 17.7 Å². The largest absolute Gasteiger partial charge is 0.394 e.